The Morgan fingerprint density at radius 1 is 1.20 bits per heavy atom. The Balaban J connectivity index is 3.29. The fourth-order valence-corrected chi connectivity index (χ4v) is 2.78. The summed E-state index contributed by atoms with van der Waals surface area (Å²) in [4.78, 5) is 0.00347. The van der Waals surface area contributed by atoms with Crippen molar-refractivity contribution < 1.29 is 8.42 Å². The highest BCUT2D eigenvalue weighted by Gasteiger charge is 2.16. The molecule has 0 fully saturated rings. The summed E-state index contributed by atoms with van der Waals surface area (Å²) in [5.41, 5.74) is 0. The minimum Gasteiger partial charge on any atom is -0.211 e. The average molecular weight is 289 g/mol. The van der Waals surface area contributed by atoms with Gasteiger partial charge < -0.3 is 0 Å². The monoisotopic (exact) mass is 287 g/mol. The van der Waals surface area contributed by atoms with E-state index in [-0.39, 0.29) is 20.0 Å². The Kier molecular flexibility index (Phi) is 4.26. The Morgan fingerprint density at radius 3 is 2.07 bits per heavy atom. The first-order valence-corrected chi connectivity index (χ1v) is 6.64. The zero-order valence-electron chi connectivity index (χ0n) is 7.72. The molecule has 0 saturated heterocycles. The molecule has 0 unspecified atom stereocenters. The van der Waals surface area contributed by atoms with Crippen molar-refractivity contribution in [3.8, 4) is 0 Å². The molecule has 0 radical (unpaired) electrons. The van der Waals surface area contributed by atoms with Crippen LogP contribution in [-0.4, -0.2) is 15.0 Å². The van der Waals surface area contributed by atoms with Gasteiger partial charge in [-0.2, -0.15) is 0 Å². The van der Waals surface area contributed by atoms with Gasteiger partial charge >= 0.3 is 0 Å². The van der Waals surface area contributed by atoms with Gasteiger partial charge in [0.25, 0.3) is 0 Å². The van der Waals surface area contributed by atoms with E-state index in [0.29, 0.717) is 6.54 Å². The topological polar surface area (TPSA) is 46.2 Å². The number of hydrogen-bond acceptors (Lipinski definition) is 2. The van der Waals surface area contributed by atoms with Gasteiger partial charge in [-0.1, -0.05) is 41.7 Å². The summed E-state index contributed by atoms with van der Waals surface area (Å²) in [6, 6.07) is 2.52. The van der Waals surface area contributed by atoms with Gasteiger partial charge in [-0.3, -0.25) is 0 Å². The van der Waals surface area contributed by atoms with E-state index in [1.54, 1.807) is 6.92 Å². The molecule has 0 bridgehead atoms. The predicted octanol–water partition coefficient (Wildman–Crippen LogP) is 2.95. The van der Waals surface area contributed by atoms with Gasteiger partial charge in [0.1, 0.15) is 0 Å². The molecule has 1 aromatic rings. The third-order valence-electron chi connectivity index (χ3n) is 1.60. The van der Waals surface area contributed by atoms with E-state index in [1.807, 2.05) is 0 Å². The standard InChI is InChI=1S/C8H8Cl3NO2S/c1-2-12-15(13,14)5-3-6(9)8(11)7(10)4-5/h3-4,12H,2H2,1H3. The summed E-state index contributed by atoms with van der Waals surface area (Å²) in [6.07, 6.45) is 0. The van der Waals surface area contributed by atoms with Crippen molar-refractivity contribution in [1.82, 2.24) is 4.72 Å². The molecule has 0 atom stereocenters. The molecule has 1 rings (SSSR count). The maximum absolute atomic E-state index is 11.6. The number of nitrogens with one attached hydrogen (secondary N) is 1. The highest BCUT2D eigenvalue weighted by Crippen LogP contribution is 2.32. The summed E-state index contributed by atoms with van der Waals surface area (Å²) in [6.45, 7) is 1.97. The van der Waals surface area contributed by atoms with Gasteiger partial charge in [0.05, 0.1) is 20.0 Å². The first-order valence-electron chi connectivity index (χ1n) is 4.02. The zero-order valence-corrected chi connectivity index (χ0v) is 10.8. The largest absolute Gasteiger partial charge is 0.240 e. The van der Waals surface area contributed by atoms with E-state index in [4.69, 9.17) is 34.8 Å². The average Bonchev–Trinajstić information content (AvgIpc) is 2.13. The molecule has 1 N–H and O–H groups in total. The summed E-state index contributed by atoms with van der Waals surface area (Å²) >= 11 is 17.1. The molecular formula is C8H8Cl3NO2S. The van der Waals surface area contributed by atoms with Crippen LogP contribution in [0.5, 0.6) is 0 Å². The summed E-state index contributed by atoms with van der Waals surface area (Å²) < 4.78 is 25.5. The molecule has 84 valence electrons. The Morgan fingerprint density at radius 2 is 1.67 bits per heavy atom. The lowest BCUT2D eigenvalue weighted by Gasteiger charge is -2.06. The lowest BCUT2D eigenvalue weighted by Crippen LogP contribution is -2.23. The van der Waals surface area contributed by atoms with Crippen LogP contribution in [0.4, 0.5) is 0 Å². The molecule has 0 aliphatic rings. The normalized spacial score (nSPS) is 11.7. The summed E-state index contributed by atoms with van der Waals surface area (Å²) in [7, 11) is -3.55. The SMILES string of the molecule is CCNS(=O)(=O)c1cc(Cl)c(Cl)c(Cl)c1. The highest BCUT2D eigenvalue weighted by molar-refractivity contribution is 7.89. The molecule has 0 aromatic heterocycles. The van der Waals surface area contributed by atoms with Gasteiger partial charge in [-0.15, -0.1) is 0 Å². The molecule has 15 heavy (non-hydrogen) atoms. The van der Waals surface area contributed by atoms with Gasteiger partial charge in [0, 0.05) is 6.54 Å². The number of rotatable bonds is 3. The van der Waals surface area contributed by atoms with Crippen LogP contribution in [0.1, 0.15) is 6.92 Å². The van der Waals surface area contributed by atoms with Crippen molar-refractivity contribution in [2.24, 2.45) is 0 Å². The molecular weight excluding hydrogens is 281 g/mol. The first-order chi connectivity index (χ1) is 6.88. The van der Waals surface area contributed by atoms with Gasteiger partial charge in [0.15, 0.2) is 0 Å². The van der Waals surface area contributed by atoms with Crippen LogP contribution in [-0.2, 0) is 10.0 Å². The molecule has 0 saturated carbocycles. The third-order valence-corrected chi connectivity index (χ3v) is 4.32. The van der Waals surface area contributed by atoms with Crippen LogP contribution in [0.2, 0.25) is 15.1 Å². The molecule has 1 aromatic carbocycles. The second-order valence-electron chi connectivity index (χ2n) is 2.70. The van der Waals surface area contributed by atoms with Crippen LogP contribution in [0.25, 0.3) is 0 Å². The van der Waals surface area contributed by atoms with Crippen LogP contribution >= 0.6 is 34.8 Å². The van der Waals surface area contributed by atoms with Gasteiger partial charge in [-0.05, 0) is 12.1 Å². The van der Waals surface area contributed by atoms with Crippen LogP contribution in [0.3, 0.4) is 0 Å². The van der Waals surface area contributed by atoms with Crippen LogP contribution in [0, 0.1) is 0 Å². The highest BCUT2D eigenvalue weighted by atomic mass is 35.5. The zero-order chi connectivity index (χ0) is 11.6. The molecule has 0 heterocycles. The maximum atomic E-state index is 11.6. The molecule has 3 nitrogen and oxygen atoms in total. The molecule has 0 amide bonds. The van der Waals surface area contributed by atoms with Crippen molar-refractivity contribution in [3.63, 3.8) is 0 Å². The lowest BCUT2D eigenvalue weighted by atomic mass is 10.4. The van der Waals surface area contributed by atoms with Crippen molar-refractivity contribution in [3.05, 3.63) is 27.2 Å². The summed E-state index contributed by atoms with van der Waals surface area (Å²) in [5, 5.41) is 0.370. The fraction of sp³-hybridized carbons (Fsp3) is 0.250. The molecule has 7 heteroatoms. The van der Waals surface area contributed by atoms with E-state index in [0.717, 1.165) is 0 Å². The number of benzene rings is 1. The van der Waals surface area contributed by atoms with E-state index in [9.17, 15) is 8.42 Å². The number of hydrogen-bond donors (Lipinski definition) is 1. The van der Waals surface area contributed by atoms with E-state index < -0.39 is 10.0 Å². The predicted molar refractivity (Wildman–Crippen MR) is 62.3 cm³/mol. The second kappa shape index (κ2) is 4.89. The van der Waals surface area contributed by atoms with Crippen molar-refractivity contribution in [2.75, 3.05) is 6.54 Å². The quantitative estimate of drug-likeness (QED) is 0.869. The van der Waals surface area contributed by atoms with Crippen molar-refractivity contribution >= 4 is 44.8 Å². The van der Waals surface area contributed by atoms with Gasteiger partial charge in [-0.25, -0.2) is 13.1 Å². The van der Waals surface area contributed by atoms with E-state index in [1.165, 1.54) is 12.1 Å². The number of sulfonamides is 1. The minimum absolute atomic E-state index is 0.00347. The maximum Gasteiger partial charge on any atom is 0.240 e. The second-order valence-corrected chi connectivity index (χ2v) is 5.66. The molecule has 0 aliphatic carbocycles. The van der Waals surface area contributed by atoms with Crippen molar-refractivity contribution in [2.45, 2.75) is 11.8 Å². The third kappa shape index (κ3) is 2.98. The van der Waals surface area contributed by atoms with Gasteiger partial charge in [0.2, 0.25) is 10.0 Å². The Labute approximate surface area is 103 Å². The fourth-order valence-electron chi connectivity index (χ4n) is 0.961. The van der Waals surface area contributed by atoms with E-state index >= 15 is 0 Å². The Bertz CT molecular complexity index is 450. The summed E-state index contributed by atoms with van der Waals surface area (Å²) in [5.74, 6) is 0. The minimum atomic E-state index is -3.55. The first kappa shape index (κ1) is 13.1. The Hall–Kier alpha value is -0.000000000000000111. The molecule has 0 aliphatic heterocycles. The van der Waals surface area contributed by atoms with Crippen LogP contribution in [0.15, 0.2) is 17.0 Å². The molecule has 0 spiro atoms. The number of halogens is 3. The van der Waals surface area contributed by atoms with E-state index in [2.05, 4.69) is 4.72 Å². The van der Waals surface area contributed by atoms with Crippen LogP contribution < -0.4 is 4.72 Å². The smallest absolute Gasteiger partial charge is 0.211 e. The lowest BCUT2D eigenvalue weighted by molar-refractivity contribution is 0.584. The van der Waals surface area contributed by atoms with Crippen molar-refractivity contribution in [1.29, 1.82) is 0 Å².